The average Bonchev–Trinajstić information content (AvgIpc) is 3.19. The van der Waals surface area contributed by atoms with Gasteiger partial charge in [-0.2, -0.15) is 4.52 Å². The van der Waals surface area contributed by atoms with Gasteiger partial charge in [-0.25, -0.2) is 0 Å². The molecule has 2 saturated heterocycles. The average molecular weight is 435 g/mol. The number of hydrogen-bond acceptors (Lipinski definition) is 6. The third kappa shape index (κ3) is 4.13. The van der Waals surface area contributed by atoms with Crippen LogP contribution in [-0.2, 0) is 4.79 Å². The van der Waals surface area contributed by atoms with Gasteiger partial charge in [-0.1, -0.05) is 25.0 Å². The number of ether oxygens (including phenoxy) is 1. The molecule has 32 heavy (non-hydrogen) atoms. The predicted octanol–water partition coefficient (Wildman–Crippen LogP) is 3.49. The van der Waals surface area contributed by atoms with E-state index in [9.17, 15) is 4.79 Å². The van der Waals surface area contributed by atoms with Crippen molar-refractivity contribution in [3.63, 3.8) is 0 Å². The van der Waals surface area contributed by atoms with Crippen molar-refractivity contribution in [1.82, 2.24) is 24.7 Å². The monoisotopic (exact) mass is 434 g/mol. The molecule has 1 aromatic carbocycles. The fourth-order valence-corrected chi connectivity index (χ4v) is 5.02. The van der Waals surface area contributed by atoms with Crippen molar-refractivity contribution in [3.8, 4) is 5.75 Å². The molecule has 4 heterocycles. The van der Waals surface area contributed by atoms with E-state index in [-0.39, 0.29) is 12.0 Å². The maximum atomic E-state index is 13.6. The minimum absolute atomic E-state index is 0.0729. The van der Waals surface area contributed by atoms with Gasteiger partial charge < -0.3 is 14.5 Å². The lowest BCUT2D eigenvalue weighted by molar-refractivity contribution is -0.138. The number of likely N-dealkylation sites (tertiary alicyclic amines) is 1. The Kier molecular flexibility index (Phi) is 5.92. The highest BCUT2D eigenvalue weighted by atomic mass is 16.5. The first-order valence-electron chi connectivity index (χ1n) is 11.6. The van der Waals surface area contributed by atoms with Crippen molar-refractivity contribution in [2.45, 2.75) is 44.6 Å². The lowest BCUT2D eigenvalue weighted by atomic mass is 9.93. The molecule has 1 amide bonds. The highest BCUT2D eigenvalue weighted by Gasteiger charge is 2.33. The molecular weight excluding hydrogens is 404 g/mol. The molecule has 1 unspecified atom stereocenters. The van der Waals surface area contributed by atoms with Gasteiger partial charge in [0.2, 0.25) is 5.91 Å². The summed E-state index contributed by atoms with van der Waals surface area (Å²) in [7, 11) is 1.68. The van der Waals surface area contributed by atoms with Crippen LogP contribution in [0.15, 0.2) is 42.7 Å². The maximum Gasteiger partial charge on any atom is 0.226 e. The molecule has 0 spiro atoms. The largest absolute Gasteiger partial charge is 0.497 e. The first-order valence-corrected chi connectivity index (χ1v) is 11.6. The smallest absolute Gasteiger partial charge is 0.226 e. The molecule has 0 radical (unpaired) electrons. The van der Waals surface area contributed by atoms with E-state index in [2.05, 4.69) is 37.2 Å². The molecule has 8 nitrogen and oxygen atoms in total. The number of rotatable bonds is 4. The topological polar surface area (TPSA) is 75.9 Å². The fraction of sp³-hybridized carbons (Fsp3) is 0.500. The van der Waals surface area contributed by atoms with E-state index in [0.29, 0.717) is 5.91 Å². The van der Waals surface area contributed by atoms with E-state index in [1.165, 1.54) is 12.0 Å². The number of nitrogens with zero attached hydrogens (tertiary/aromatic N) is 6. The fourth-order valence-electron chi connectivity index (χ4n) is 5.02. The zero-order valence-corrected chi connectivity index (χ0v) is 18.6. The molecule has 3 aromatic rings. The molecule has 2 aliphatic heterocycles. The van der Waals surface area contributed by atoms with Gasteiger partial charge in [-0.15, -0.1) is 15.3 Å². The second kappa shape index (κ2) is 9.14. The molecule has 5 rings (SSSR count). The van der Waals surface area contributed by atoms with Crippen LogP contribution in [0.25, 0.3) is 5.65 Å². The quantitative estimate of drug-likeness (QED) is 0.626. The molecule has 1 atom stereocenters. The van der Waals surface area contributed by atoms with Crippen molar-refractivity contribution in [2.75, 3.05) is 31.6 Å². The molecule has 8 heteroatoms. The molecule has 2 fully saturated rings. The number of amides is 1. The summed E-state index contributed by atoms with van der Waals surface area (Å²) in [5, 5.41) is 12.5. The van der Waals surface area contributed by atoms with Crippen molar-refractivity contribution >= 4 is 17.4 Å². The van der Waals surface area contributed by atoms with Gasteiger partial charge in [0.25, 0.3) is 0 Å². The van der Waals surface area contributed by atoms with E-state index < -0.39 is 0 Å². The van der Waals surface area contributed by atoms with Gasteiger partial charge in [0, 0.05) is 25.6 Å². The van der Waals surface area contributed by atoms with Crippen LogP contribution in [0.1, 0.15) is 50.1 Å². The van der Waals surface area contributed by atoms with Gasteiger partial charge in [0.05, 0.1) is 13.2 Å². The van der Waals surface area contributed by atoms with Gasteiger partial charge in [-0.05, 0) is 55.5 Å². The van der Waals surface area contributed by atoms with E-state index in [1.807, 2.05) is 24.3 Å². The Bertz CT molecular complexity index is 1060. The first kappa shape index (κ1) is 20.7. The minimum atomic E-state index is 0.0729. The molecule has 0 aliphatic carbocycles. The molecular formula is C24H30N6O2. The Balaban J connectivity index is 1.27. The van der Waals surface area contributed by atoms with Gasteiger partial charge in [0.1, 0.15) is 17.9 Å². The zero-order valence-electron chi connectivity index (χ0n) is 18.6. The lowest BCUT2D eigenvalue weighted by Crippen LogP contribution is -2.44. The van der Waals surface area contributed by atoms with Crippen LogP contribution < -0.4 is 9.64 Å². The Labute approximate surface area is 188 Å². The van der Waals surface area contributed by atoms with Gasteiger partial charge in [-0.3, -0.25) is 4.79 Å². The number of carbonyl (C=O) groups is 1. The molecule has 2 aromatic heterocycles. The van der Waals surface area contributed by atoms with E-state index in [4.69, 9.17) is 4.74 Å². The number of hydrogen-bond donors (Lipinski definition) is 0. The van der Waals surface area contributed by atoms with Crippen molar-refractivity contribution in [1.29, 1.82) is 0 Å². The number of anilines is 1. The second-order valence-corrected chi connectivity index (χ2v) is 8.76. The first-order chi connectivity index (χ1) is 15.7. The summed E-state index contributed by atoms with van der Waals surface area (Å²) < 4.78 is 7.02. The van der Waals surface area contributed by atoms with Crippen LogP contribution >= 0.6 is 0 Å². The second-order valence-electron chi connectivity index (χ2n) is 8.76. The Morgan fingerprint density at radius 3 is 2.56 bits per heavy atom. The SMILES string of the molecule is COc1ccc(C2CCCCCN2C(=O)C2CCN(c3ccc4nncn4n3)CC2)cc1. The normalized spacial score (nSPS) is 20.3. The number of methoxy groups -OCH3 is 1. The molecule has 0 saturated carbocycles. The Morgan fingerprint density at radius 1 is 0.969 bits per heavy atom. The van der Waals surface area contributed by atoms with Gasteiger partial charge >= 0.3 is 0 Å². The maximum absolute atomic E-state index is 13.6. The van der Waals surface area contributed by atoms with Crippen molar-refractivity contribution in [2.24, 2.45) is 5.92 Å². The summed E-state index contributed by atoms with van der Waals surface area (Å²) >= 11 is 0. The highest BCUT2D eigenvalue weighted by molar-refractivity contribution is 5.79. The summed E-state index contributed by atoms with van der Waals surface area (Å²) in [6.07, 6.45) is 7.79. The highest BCUT2D eigenvalue weighted by Crippen LogP contribution is 2.34. The molecule has 2 aliphatic rings. The van der Waals surface area contributed by atoms with E-state index in [0.717, 1.165) is 69.0 Å². The summed E-state index contributed by atoms with van der Waals surface area (Å²) in [5.74, 6) is 2.15. The van der Waals surface area contributed by atoms with E-state index >= 15 is 0 Å². The number of benzene rings is 1. The van der Waals surface area contributed by atoms with Crippen LogP contribution in [0.5, 0.6) is 5.75 Å². The number of fused-ring (bicyclic) bond motifs is 1. The van der Waals surface area contributed by atoms with Crippen LogP contribution in [0.3, 0.4) is 0 Å². The van der Waals surface area contributed by atoms with Crippen LogP contribution in [0.4, 0.5) is 5.82 Å². The van der Waals surface area contributed by atoms with Crippen molar-refractivity contribution in [3.05, 3.63) is 48.3 Å². The molecule has 168 valence electrons. The summed E-state index contributed by atoms with van der Waals surface area (Å²) in [4.78, 5) is 18.1. The summed E-state index contributed by atoms with van der Waals surface area (Å²) in [5.41, 5.74) is 1.95. The Hall–Kier alpha value is -3.16. The molecule has 0 N–H and O–H groups in total. The van der Waals surface area contributed by atoms with Gasteiger partial charge in [0.15, 0.2) is 5.65 Å². The predicted molar refractivity (Wildman–Crippen MR) is 122 cm³/mol. The zero-order chi connectivity index (χ0) is 21.9. The van der Waals surface area contributed by atoms with E-state index in [1.54, 1.807) is 18.0 Å². The number of aromatic nitrogens is 4. The van der Waals surface area contributed by atoms with Crippen LogP contribution in [0, 0.1) is 5.92 Å². The third-order valence-corrected chi connectivity index (χ3v) is 6.85. The number of carbonyl (C=O) groups excluding carboxylic acids is 1. The summed E-state index contributed by atoms with van der Waals surface area (Å²) in [6.45, 7) is 2.51. The third-order valence-electron chi connectivity index (χ3n) is 6.85. The lowest BCUT2D eigenvalue weighted by Gasteiger charge is -2.37. The molecule has 0 bridgehead atoms. The number of piperidine rings is 1. The standard InChI is InChI=1S/C24H30N6O2/c1-32-20-8-6-18(7-9-20)21-5-3-2-4-14-29(21)24(31)19-12-15-28(16-13-19)23-11-10-22-26-25-17-30(22)27-23/h6-11,17,19,21H,2-5,12-16H2,1H3. The van der Waals surface area contributed by atoms with Crippen molar-refractivity contribution < 1.29 is 9.53 Å². The Morgan fingerprint density at radius 2 is 1.78 bits per heavy atom. The minimum Gasteiger partial charge on any atom is -0.497 e. The van der Waals surface area contributed by atoms with Crippen LogP contribution in [0.2, 0.25) is 0 Å². The van der Waals surface area contributed by atoms with Crippen LogP contribution in [-0.4, -0.2) is 57.4 Å². The summed E-state index contributed by atoms with van der Waals surface area (Å²) in [6, 6.07) is 12.3.